The first-order chi connectivity index (χ1) is 10.2. The number of aryl methyl sites for hydroxylation is 1. The molecule has 110 valence electrons. The molecule has 0 aliphatic carbocycles. The summed E-state index contributed by atoms with van der Waals surface area (Å²) in [4.78, 5) is 32.2. The molecule has 0 saturated heterocycles. The number of pyridine rings is 1. The zero-order valence-corrected chi connectivity index (χ0v) is 11.6. The zero-order valence-electron chi connectivity index (χ0n) is 11.6. The third kappa shape index (κ3) is 3.29. The number of nitrogens with zero attached hydrogens (tertiary/aromatic N) is 5. The molecule has 0 bridgehead atoms. The first-order valence-corrected chi connectivity index (χ1v) is 6.61. The lowest BCUT2D eigenvalue weighted by atomic mass is 10.1. The van der Waals surface area contributed by atoms with Crippen molar-refractivity contribution in [2.24, 2.45) is 5.11 Å². The molecule has 8 heteroatoms. The van der Waals surface area contributed by atoms with Crippen molar-refractivity contribution in [1.29, 1.82) is 0 Å². The molecule has 0 fully saturated rings. The molecule has 0 spiro atoms. The number of ether oxygens (including phenoxy) is 1. The first-order valence-electron chi connectivity index (χ1n) is 6.61. The number of carbonyl (C=O) groups is 2. The highest BCUT2D eigenvalue weighted by molar-refractivity contribution is 6.01. The van der Waals surface area contributed by atoms with E-state index in [1.165, 1.54) is 11.1 Å². The van der Waals surface area contributed by atoms with Crippen LogP contribution >= 0.6 is 0 Å². The number of hydrogen-bond acceptors (Lipinski definition) is 5. The number of hydrogen-bond donors (Lipinski definition) is 0. The summed E-state index contributed by atoms with van der Waals surface area (Å²) < 4.78 is 4.89. The number of carbonyl (C=O) groups excluding carboxylic acids is 2. The largest absolute Gasteiger partial charge is 0.465 e. The van der Waals surface area contributed by atoms with Gasteiger partial charge in [0, 0.05) is 11.1 Å². The molecule has 1 aromatic rings. The second-order valence-corrected chi connectivity index (χ2v) is 4.49. The van der Waals surface area contributed by atoms with Gasteiger partial charge in [-0.25, -0.2) is 0 Å². The van der Waals surface area contributed by atoms with Crippen LogP contribution in [0.3, 0.4) is 0 Å². The molecule has 1 amide bonds. The number of fused-ring (bicyclic) bond motifs is 1. The van der Waals surface area contributed by atoms with E-state index < -0.39 is 17.9 Å². The van der Waals surface area contributed by atoms with Gasteiger partial charge in [0.2, 0.25) is 5.91 Å². The molecular formula is C13H15N5O3. The first kappa shape index (κ1) is 14.8. The SMILES string of the molecule is CCOC(=O)CN1C(=O)C(N=[N+]=[N-])CCc2ccncc21. The molecule has 2 rings (SSSR count). The summed E-state index contributed by atoms with van der Waals surface area (Å²) >= 11 is 0. The number of amides is 1. The van der Waals surface area contributed by atoms with Crippen molar-refractivity contribution >= 4 is 17.6 Å². The van der Waals surface area contributed by atoms with Crippen molar-refractivity contribution in [3.63, 3.8) is 0 Å². The highest BCUT2D eigenvalue weighted by Crippen LogP contribution is 2.27. The predicted molar refractivity (Wildman–Crippen MR) is 74.5 cm³/mol. The van der Waals surface area contributed by atoms with Gasteiger partial charge in [0.15, 0.2) is 0 Å². The Balaban J connectivity index is 2.36. The Hall–Kier alpha value is -2.60. The third-order valence-electron chi connectivity index (χ3n) is 3.20. The van der Waals surface area contributed by atoms with Crippen LogP contribution in [0.15, 0.2) is 23.6 Å². The van der Waals surface area contributed by atoms with Crippen molar-refractivity contribution < 1.29 is 14.3 Å². The number of esters is 1. The molecule has 1 aliphatic rings. The van der Waals surface area contributed by atoms with E-state index in [-0.39, 0.29) is 13.2 Å². The van der Waals surface area contributed by atoms with E-state index in [0.717, 1.165) is 5.56 Å². The second-order valence-electron chi connectivity index (χ2n) is 4.49. The molecule has 1 unspecified atom stereocenters. The molecule has 1 aliphatic heterocycles. The van der Waals surface area contributed by atoms with Crippen molar-refractivity contribution in [2.75, 3.05) is 18.1 Å². The lowest BCUT2D eigenvalue weighted by molar-refractivity contribution is -0.142. The highest BCUT2D eigenvalue weighted by atomic mass is 16.5. The monoisotopic (exact) mass is 289 g/mol. The van der Waals surface area contributed by atoms with Gasteiger partial charge in [-0.1, -0.05) is 5.11 Å². The molecular weight excluding hydrogens is 274 g/mol. The van der Waals surface area contributed by atoms with Gasteiger partial charge in [-0.15, -0.1) is 0 Å². The van der Waals surface area contributed by atoms with Crippen LogP contribution in [-0.4, -0.2) is 36.1 Å². The van der Waals surface area contributed by atoms with Gasteiger partial charge >= 0.3 is 5.97 Å². The van der Waals surface area contributed by atoms with E-state index in [4.69, 9.17) is 10.3 Å². The van der Waals surface area contributed by atoms with Gasteiger partial charge in [0.1, 0.15) is 12.6 Å². The minimum absolute atomic E-state index is 0.219. The highest BCUT2D eigenvalue weighted by Gasteiger charge is 2.31. The van der Waals surface area contributed by atoms with Crippen LogP contribution < -0.4 is 4.90 Å². The molecule has 21 heavy (non-hydrogen) atoms. The summed E-state index contributed by atoms with van der Waals surface area (Å²) in [5, 5.41) is 3.53. The van der Waals surface area contributed by atoms with Crippen molar-refractivity contribution in [2.45, 2.75) is 25.8 Å². The van der Waals surface area contributed by atoms with Gasteiger partial charge in [-0.2, -0.15) is 0 Å². The van der Waals surface area contributed by atoms with Gasteiger partial charge in [0.05, 0.1) is 18.5 Å². The number of anilines is 1. The van der Waals surface area contributed by atoms with E-state index in [0.29, 0.717) is 18.5 Å². The standard InChI is InChI=1S/C13H15N5O3/c1-2-21-12(19)8-18-11-7-15-6-5-9(11)3-4-10(13(18)20)16-17-14/h5-7,10H,2-4,8H2,1H3. The minimum atomic E-state index is -0.822. The van der Waals surface area contributed by atoms with Crippen molar-refractivity contribution in [1.82, 2.24) is 4.98 Å². The summed E-state index contributed by atoms with van der Waals surface area (Å²) in [6, 6.07) is 0.969. The topological polar surface area (TPSA) is 108 Å². The summed E-state index contributed by atoms with van der Waals surface area (Å²) in [6.45, 7) is 1.71. The summed E-state index contributed by atoms with van der Waals surface area (Å²) in [5.41, 5.74) is 10.0. The number of azide groups is 1. The average molecular weight is 289 g/mol. The van der Waals surface area contributed by atoms with E-state index >= 15 is 0 Å². The normalized spacial score (nSPS) is 17.5. The average Bonchev–Trinajstić information content (AvgIpc) is 2.60. The zero-order chi connectivity index (χ0) is 15.2. The minimum Gasteiger partial charge on any atom is -0.465 e. The van der Waals surface area contributed by atoms with Crippen LogP contribution in [0.25, 0.3) is 10.4 Å². The molecule has 2 heterocycles. The molecule has 1 atom stereocenters. The molecule has 0 radical (unpaired) electrons. The van der Waals surface area contributed by atoms with Gasteiger partial charge in [-0.05, 0) is 36.9 Å². The Kier molecular flexibility index (Phi) is 4.73. The summed E-state index contributed by atoms with van der Waals surface area (Å²) in [6.07, 6.45) is 4.14. The van der Waals surface area contributed by atoms with Crippen LogP contribution in [0.4, 0.5) is 5.69 Å². The van der Waals surface area contributed by atoms with Gasteiger partial charge < -0.3 is 4.74 Å². The number of aromatic nitrogens is 1. The van der Waals surface area contributed by atoms with E-state index in [1.54, 1.807) is 19.2 Å². The molecule has 0 N–H and O–H groups in total. The maximum atomic E-state index is 12.5. The smallest absolute Gasteiger partial charge is 0.326 e. The van der Waals surface area contributed by atoms with E-state index in [9.17, 15) is 9.59 Å². The third-order valence-corrected chi connectivity index (χ3v) is 3.20. The van der Waals surface area contributed by atoms with Crippen LogP contribution in [0.2, 0.25) is 0 Å². The lowest BCUT2D eigenvalue weighted by Crippen LogP contribution is -2.41. The predicted octanol–water partition coefficient (Wildman–Crippen LogP) is 1.60. The fraction of sp³-hybridized carbons (Fsp3) is 0.462. The Labute approximate surface area is 121 Å². The van der Waals surface area contributed by atoms with Crippen LogP contribution in [0.5, 0.6) is 0 Å². The fourth-order valence-corrected chi connectivity index (χ4v) is 2.25. The van der Waals surface area contributed by atoms with Crippen LogP contribution in [0, 0.1) is 0 Å². The molecule has 0 aromatic carbocycles. The second kappa shape index (κ2) is 6.71. The van der Waals surface area contributed by atoms with Crippen molar-refractivity contribution in [3.05, 3.63) is 34.5 Å². The van der Waals surface area contributed by atoms with Gasteiger partial charge in [0.25, 0.3) is 0 Å². The lowest BCUT2D eigenvalue weighted by Gasteiger charge is -2.23. The van der Waals surface area contributed by atoms with Crippen LogP contribution in [-0.2, 0) is 20.7 Å². The molecule has 0 saturated carbocycles. The Morgan fingerprint density at radius 3 is 3.19 bits per heavy atom. The van der Waals surface area contributed by atoms with Crippen LogP contribution in [0.1, 0.15) is 18.9 Å². The molecule has 8 nitrogen and oxygen atoms in total. The Morgan fingerprint density at radius 1 is 1.67 bits per heavy atom. The summed E-state index contributed by atoms with van der Waals surface area (Å²) in [7, 11) is 0. The van der Waals surface area contributed by atoms with E-state index in [2.05, 4.69) is 15.0 Å². The Morgan fingerprint density at radius 2 is 2.48 bits per heavy atom. The quantitative estimate of drug-likeness (QED) is 0.363. The maximum Gasteiger partial charge on any atom is 0.326 e. The number of rotatable bonds is 4. The van der Waals surface area contributed by atoms with Crippen molar-refractivity contribution in [3.8, 4) is 0 Å². The molecule has 1 aromatic heterocycles. The van der Waals surface area contributed by atoms with Gasteiger partial charge in [-0.3, -0.25) is 19.5 Å². The summed E-state index contributed by atoms with van der Waals surface area (Å²) in [5.74, 6) is -0.921. The maximum absolute atomic E-state index is 12.5. The fourth-order valence-electron chi connectivity index (χ4n) is 2.25. The Bertz CT molecular complexity index is 597. The van der Waals surface area contributed by atoms with E-state index in [1.807, 2.05) is 0 Å².